The van der Waals surface area contributed by atoms with Crippen molar-refractivity contribution in [3.63, 3.8) is 0 Å². The van der Waals surface area contributed by atoms with Gasteiger partial charge in [-0.3, -0.25) is 0 Å². The third kappa shape index (κ3) is 2.76. The van der Waals surface area contributed by atoms with Crippen molar-refractivity contribution < 1.29 is 13.2 Å². The van der Waals surface area contributed by atoms with Crippen molar-refractivity contribution in [2.24, 2.45) is 16.7 Å². The summed E-state index contributed by atoms with van der Waals surface area (Å²) in [5.74, 6) is 0.920. The van der Waals surface area contributed by atoms with E-state index in [1.54, 1.807) is 0 Å². The maximum atomic E-state index is 12.2. The van der Waals surface area contributed by atoms with Crippen LogP contribution in [0.2, 0.25) is 0 Å². The number of sulfonamides is 1. The van der Waals surface area contributed by atoms with Gasteiger partial charge in [0.2, 0.25) is 10.0 Å². The average Bonchev–Trinajstić information content (AvgIpc) is 2.96. The Hall–Kier alpha value is -0.820. The average molecular weight is 343 g/mol. The minimum absolute atomic E-state index is 0.160. The second-order valence-electron chi connectivity index (χ2n) is 8.13. The smallest absolute Gasteiger partial charge is 0.315 e. The number of fused-ring (bicyclic) bond motifs is 2. The molecule has 6 nitrogen and oxygen atoms in total. The Bertz CT molecular complexity index is 589. The van der Waals surface area contributed by atoms with Gasteiger partial charge in [-0.25, -0.2) is 17.5 Å². The monoisotopic (exact) mass is 343 g/mol. The molecular weight excluding hydrogens is 314 g/mol. The predicted octanol–water partition coefficient (Wildman–Crippen LogP) is 1.54. The number of hydrogen-bond acceptors (Lipinski definition) is 3. The molecule has 3 rings (SSSR count). The van der Waals surface area contributed by atoms with Crippen molar-refractivity contribution in [3.8, 4) is 0 Å². The molecule has 0 radical (unpaired) electrons. The van der Waals surface area contributed by atoms with Gasteiger partial charge in [-0.1, -0.05) is 20.8 Å². The third-order valence-electron chi connectivity index (χ3n) is 6.95. The Kier molecular flexibility index (Phi) is 4.16. The third-order valence-corrected chi connectivity index (χ3v) is 8.91. The summed E-state index contributed by atoms with van der Waals surface area (Å²) in [5.41, 5.74) is 0.432. The topological polar surface area (TPSA) is 78.5 Å². The van der Waals surface area contributed by atoms with Crippen molar-refractivity contribution in [1.29, 1.82) is 0 Å². The van der Waals surface area contributed by atoms with Crippen LogP contribution < -0.4 is 10.6 Å². The lowest BCUT2D eigenvalue weighted by atomic mass is 9.69. The first-order chi connectivity index (χ1) is 10.7. The molecule has 2 saturated carbocycles. The van der Waals surface area contributed by atoms with Crippen LogP contribution in [0.1, 0.15) is 46.5 Å². The second-order valence-corrected chi connectivity index (χ2v) is 10.2. The number of nitrogens with one attached hydrogen (secondary N) is 2. The lowest BCUT2D eigenvalue weighted by Crippen LogP contribution is -2.51. The Labute approximate surface area is 139 Å². The number of amides is 2. The van der Waals surface area contributed by atoms with Crippen LogP contribution in [0.4, 0.5) is 4.79 Å². The normalized spacial score (nSPS) is 37.9. The zero-order valence-corrected chi connectivity index (χ0v) is 15.2. The molecule has 2 amide bonds. The van der Waals surface area contributed by atoms with Gasteiger partial charge in [-0.2, -0.15) is 0 Å². The number of rotatable bonds is 4. The van der Waals surface area contributed by atoms with E-state index >= 15 is 0 Å². The quantitative estimate of drug-likeness (QED) is 0.813. The summed E-state index contributed by atoms with van der Waals surface area (Å²) in [5, 5.41) is 5.96. The molecule has 0 spiro atoms. The molecule has 2 N–H and O–H groups in total. The molecule has 3 fully saturated rings. The maximum Gasteiger partial charge on any atom is 0.315 e. The van der Waals surface area contributed by atoms with Gasteiger partial charge < -0.3 is 10.6 Å². The Morgan fingerprint density at radius 1 is 1.30 bits per heavy atom. The van der Waals surface area contributed by atoms with Crippen LogP contribution in [0.5, 0.6) is 0 Å². The van der Waals surface area contributed by atoms with Crippen LogP contribution >= 0.6 is 0 Å². The summed E-state index contributed by atoms with van der Waals surface area (Å²) in [7, 11) is -3.08. The maximum absolute atomic E-state index is 12.2. The molecule has 23 heavy (non-hydrogen) atoms. The number of hydrogen-bond donors (Lipinski definition) is 2. The van der Waals surface area contributed by atoms with Crippen LogP contribution in [0.3, 0.4) is 0 Å². The second kappa shape index (κ2) is 5.62. The molecule has 0 aromatic rings. The van der Waals surface area contributed by atoms with Gasteiger partial charge in [0.1, 0.15) is 0 Å². The van der Waals surface area contributed by atoms with Gasteiger partial charge in [0.05, 0.1) is 5.75 Å². The summed E-state index contributed by atoms with van der Waals surface area (Å²) in [6, 6.07) is 0.0444. The molecule has 1 heterocycles. The lowest BCUT2D eigenvalue weighted by molar-refractivity contribution is 0.123. The Morgan fingerprint density at radius 3 is 2.57 bits per heavy atom. The van der Waals surface area contributed by atoms with Gasteiger partial charge in [-0.15, -0.1) is 0 Å². The largest absolute Gasteiger partial charge is 0.337 e. The van der Waals surface area contributed by atoms with E-state index in [-0.39, 0.29) is 28.7 Å². The van der Waals surface area contributed by atoms with Crippen LogP contribution in [0.15, 0.2) is 0 Å². The van der Waals surface area contributed by atoms with Crippen LogP contribution in [0.25, 0.3) is 0 Å². The summed E-state index contributed by atoms with van der Waals surface area (Å²) in [6.07, 6.45) is 4.17. The van der Waals surface area contributed by atoms with Crippen LogP contribution in [-0.4, -0.2) is 50.2 Å². The van der Waals surface area contributed by atoms with E-state index in [1.807, 2.05) is 0 Å². The lowest BCUT2D eigenvalue weighted by Gasteiger charge is -2.39. The molecule has 0 aromatic carbocycles. The Balaban J connectivity index is 1.48. The van der Waals surface area contributed by atoms with Crippen LogP contribution in [-0.2, 0) is 10.0 Å². The number of carbonyl (C=O) groups excluding carboxylic acids is 1. The van der Waals surface area contributed by atoms with Gasteiger partial charge in [0.25, 0.3) is 0 Å². The highest BCUT2D eigenvalue weighted by Gasteiger charge is 2.61. The first-order valence-corrected chi connectivity index (χ1v) is 10.3. The van der Waals surface area contributed by atoms with E-state index in [9.17, 15) is 13.2 Å². The van der Waals surface area contributed by atoms with E-state index in [4.69, 9.17) is 0 Å². The van der Waals surface area contributed by atoms with E-state index in [2.05, 4.69) is 31.4 Å². The standard InChI is InChI=1S/C16H29N3O3S/c1-15(2)12-5-6-16(15,3)13(11-12)18-14(20)17-7-9-19-8-4-10-23(19,21)22/h12-13H,4-11H2,1-3H3,(H2,17,18,20)/t12-,13+,16-/m0/s1. The fourth-order valence-electron chi connectivity index (χ4n) is 4.87. The first-order valence-electron chi connectivity index (χ1n) is 8.69. The zero-order valence-electron chi connectivity index (χ0n) is 14.4. The van der Waals surface area contributed by atoms with Crippen molar-refractivity contribution in [3.05, 3.63) is 0 Å². The summed E-state index contributed by atoms with van der Waals surface area (Å²) in [6.45, 7) is 8.24. The number of carbonyl (C=O) groups is 1. The van der Waals surface area contributed by atoms with Gasteiger partial charge in [-0.05, 0) is 42.4 Å². The molecule has 132 valence electrons. The number of urea groups is 1. The molecule has 2 aliphatic carbocycles. The molecule has 7 heteroatoms. The van der Waals surface area contributed by atoms with Crippen molar-refractivity contribution >= 4 is 16.1 Å². The summed E-state index contributed by atoms with van der Waals surface area (Å²) in [4.78, 5) is 12.2. The summed E-state index contributed by atoms with van der Waals surface area (Å²) < 4.78 is 24.9. The highest BCUT2D eigenvalue weighted by molar-refractivity contribution is 7.89. The Morgan fingerprint density at radius 2 is 2.04 bits per heavy atom. The molecule has 2 bridgehead atoms. The summed E-state index contributed by atoms with van der Waals surface area (Å²) >= 11 is 0. The van der Waals surface area contributed by atoms with E-state index in [1.165, 1.54) is 17.1 Å². The van der Waals surface area contributed by atoms with Crippen molar-refractivity contribution in [1.82, 2.24) is 14.9 Å². The molecule has 1 aliphatic heterocycles. The molecule has 0 aromatic heterocycles. The van der Waals surface area contributed by atoms with E-state index in [0.717, 1.165) is 6.42 Å². The van der Waals surface area contributed by atoms with Crippen LogP contribution in [0, 0.1) is 16.7 Å². The molecule has 1 saturated heterocycles. The molecular formula is C16H29N3O3S. The molecule has 0 unspecified atom stereocenters. The van der Waals surface area contributed by atoms with Gasteiger partial charge >= 0.3 is 6.03 Å². The van der Waals surface area contributed by atoms with Gasteiger partial charge in [0, 0.05) is 25.7 Å². The highest BCUT2D eigenvalue weighted by Crippen LogP contribution is 2.65. The SMILES string of the molecule is CC1(C)[C@H]2CC[C@@]1(C)[C@H](NC(=O)NCCN1CCCS1(=O)=O)C2. The van der Waals surface area contributed by atoms with E-state index < -0.39 is 10.0 Å². The van der Waals surface area contributed by atoms with Crippen molar-refractivity contribution in [2.45, 2.75) is 52.5 Å². The highest BCUT2D eigenvalue weighted by atomic mass is 32.2. The first kappa shape index (κ1) is 17.0. The number of nitrogens with zero attached hydrogens (tertiary/aromatic N) is 1. The predicted molar refractivity (Wildman–Crippen MR) is 89.5 cm³/mol. The molecule has 3 atom stereocenters. The zero-order chi connectivity index (χ0) is 16.9. The minimum Gasteiger partial charge on any atom is -0.337 e. The fourth-order valence-corrected chi connectivity index (χ4v) is 6.40. The van der Waals surface area contributed by atoms with Crippen molar-refractivity contribution in [2.75, 3.05) is 25.4 Å². The van der Waals surface area contributed by atoms with E-state index in [0.29, 0.717) is 32.0 Å². The molecule has 3 aliphatic rings. The fraction of sp³-hybridized carbons (Fsp3) is 0.938. The minimum atomic E-state index is -3.08. The van der Waals surface area contributed by atoms with Gasteiger partial charge in [0.15, 0.2) is 0 Å².